The van der Waals surface area contributed by atoms with Gasteiger partial charge in [0.1, 0.15) is 11.2 Å². The minimum Gasteiger partial charge on any atom is -0.456 e. The second-order valence-corrected chi connectivity index (χ2v) is 9.20. The van der Waals surface area contributed by atoms with Crippen molar-refractivity contribution < 1.29 is 14.2 Å². The van der Waals surface area contributed by atoms with Crippen molar-refractivity contribution >= 4 is 52.6 Å². The van der Waals surface area contributed by atoms with E-state index in [0.29, 0.717) is 10.9 Å². The molecule has 1 aliphatic carbocycles. The van der Waals surface area contributed by atoms with Crippen LogP contribution in [0, 0.1) is 5.92 Å². The first-order valence-electron chi connectivity index (χ1n) is 9.67. The molecule has 0 bridgehead atoms. The van der Waals surface area contributed by atoms with Crippen LogP contribution in [0.5, 0.6) is 0 Å². The monoisotopic (exact) mass is 395 g/mol. The lowest BCUT2D eigenvalue weighted by Gasteiger charge is -2.37. The quantitative estimate of drug-likeness (QED) is 0.613. The molecule has 1 atom stereocenters. The summed E-state index contributed by atoms with van der Waals surface area (Å²) >= 11 is 6.54. The third kappa shape index (κ3) is 3.18. The summed E-state index contributed by atoms with van der Waals surface area (Å²) in [5, 5.41) is 13.0. The number of hydrogen-bond donors (Lipinski definition) is 1. The number of rotatable bonds is 4. The molecule has 1 heterocycles. The summed E-state index contributed by atoms with van der Waals surface area (Å²) in [6.07, 6.45) is 5.36. The van der Waals surface area contributed by atoms with E-state index in [-0.39, 0.29) is 0 Å². The van der Waals surface area contributed by atoms with Crippen LogP contribution in [-0.2, 0) is 11.1 Å². The van der Waals surface area contributed by atoms with Gasteiger partial charge in [0.05, 0.1) is 11.2 Å². The molecule has 1 aliphatic rings. The third-order valence-electron chi connectivity index (χ3n) is 6.01. The van der Waals surface area contributed by atoms with Crippen LogP contribution in [-0.4, -0.2) is 23.8 Å². The molecule has 1 unspecified atom stereocenters. The lowest BCUT2D eigenvalue weighted by atomic mass is 9.80. The van der Waals surface area contributed by atoms with Gasteiger partial charge in [-0.15, -0.1) is 0 Å². The Kier molecular flexibility index (Phi) is 4.65. The predicted octanol–water partition coefficient (Wildman–Crippen LogP) is 5.26. The number of furan rings is 1. The highest BCUT2D eigenvalue weighted by Gasteiger charge is 2.36. The fourth-order valence-electron chi connectivity index (χ4n) is 3.49. The van der Waals surface area contributed by atoms with E-state index in [1.165, 1.54) is 11.1 Å². The van der Waals surface area contributed by atoms with Gasteiger partial charge in [0, 0.05) is 21.4 Å². The number of halogens is 1. The van der Waals surface area contributed by atoms with Crippen LogP contribution in [0.3, 0.4) is 0 Å². The van der Waals surface area contributed by atoms with Gasteiger partial charge in [-0.1, -0.05) is 36.7 Å². The van der Waals surface area contributed by atoms with Crippen LogP contribution < -0.4 is 5.46 Å². The molecule has 3 nitrogen and oxygen atoms in total. The summed E-state index contributed by atoms with van der Waals surface area (Å²) in [5.74, 6) is 0.483. The minimum atomic E-state index is -1.01. The highest BCUT2D eigenvalue weighted by atomic mass is 35.5. The zero-order chi connectivity index (χ0) is 20.3. The first kappa shape index (κ1) is 19.6. The Morgan fingerprint density at radius 3 is 2.64 bits per heavy atom. The Balaban J connectivity index is 1.86. The van der Waals surface area contributed by atoms with Gasteiger partial charge in [-0.25, -0.2) is 0 Å². The molecule has 145 valence electrons. The average Bonchev–Trinajstić information content (AvgIpc) is 2.99. The number of hydrogen-bond acceptors (Lipinski definition) is 3. The molecular formula is C23H25BClO3. The number of aliphatic hydroxyl groups is 1. The van der Waals surface area contributed by atoms with Crippen molar-refractivity contribution in [2.75, 3.05) is 0 Å². The highest BCUT2D eigenvalue weighted by Crippen LogP contribution is 2.36. The van der Waals surface area contributed by atoms with Gasteiger partial charge >= 0.3 is 7.48 Å². The van der Waals surface area contributed by atoms with E-state index in [1.807, 2.05) is 26.0 Å². The first-order valence-corrected chi connectivity index (χ1v) is 10.0. The lowest BCUT2D eigenvalue weighted by Crippen LogP contribution is -2.49. The first-order chi connectivity index (χ1) is 13.1. The summed E-state index contributed by atoms with van der Waals surface area (Å²) in [7, 11) is 1.65. The Bertz CT molecular complexity index is 1090. The third-order valence-corrected chi connectivity index (χ3v) is 6.34. The molecule has 0 saturated carbocycles. The Morgan fingerprint density at radius 2 is 1.93 bits per heavy atom. The van der Waals surface area contributed by atoms with E-state index in [9.17, 15) is 5.11 Å². The molecule has 3 aromatic rings. The topological polar surface area (TPSA) is 42.6 Å². The smallest absolute Gasteiger partial charge is 0.333 e. The molecule has 0 saturated heterocycles. The van der Waals surface area contributed by atoms with Crippen molar-refractivity contribution in [3.63, 3.8) is 0 Å². The minimum absolute atomic E-state index is 0.483. The van der Waals surface area contributed by atoms with Crippen molar-refractivity contribution in [1.29, 1.82) is 0 Å². The molecule has 4 rings (SSSR count). The van der Waals surface area contributed by atoms with Crippen LogP contribution in [0.1, 0.15) is 45.7 Å². The largest absolute Gasteiger partial charge is 0.456 e. The second-order valence-electron chi connectivity index (χ2n) is 8.79. The van der Waals surface area contributed by atoms with Crippen molar-refractivity contribution in [3.05, 3.63) is 46.5 Å². The Labute approximate surface area is 171 Å². The van der Waals surface area contributed by atoms with E-state index in [4.69, 9.17) is 20.7 Å². The van der Waals surface area contributed by atoms with Gasteiger partial charge in [-0.05, 0) is 69.3 Å². The maximum atomic E-state index is 10.4. The molecule has 2 aromatic carbocycles. The molecule has 5 heteroatoms. The zero-order valence-corrected chi connectivity index (χ0v) is 17.7. The molecule has 28 heavy (non-hydrogen) atoms. The normalized spacial score (nSPS) is 17.3. The van der Waals surface area contributed by atoms with E-state index in [0.717, 1.165) is 33.8 Å². The maximum absolute atomic E-state index is 10.4. The summed E-state index contributed by atoms with van der Waals surface area (Å²) in [5.41, 5.74) is 3.13. The summed E-state index contributed by atoms with van der Waals surface area (Å²) in [6.45, 7) is 9.39. The molecule has 1 radical (unpaired) electrons. The van der Waals surface area contributed by atoms with E-state index >= 15 is 0 Å². The van der Waals surface area contributed by atoms with E-state index in [2.05, 4.69) is 31.2 Å². The summed E-state index contributed by atoms with van der Waals surface area (Å²) < 4.78 is 12.3. The van der Waals surface area contributed by atoms with Crippen molar-refractivity contribution in [2.24, 2.45) is 5.92 Å². The van der Waals surface area contributed by atoms with Crippen molar-refractivity contribution in [3.8, 4) is 0 Å². The van der Waals surface area contributed by atoms with Gasteiger partial charge in [0.25, 0.3) is 0 Å². The second kappa shape index (κ2) is 6.65. The lowest BCUT2D eigenvalue weighted by molar-refractivity contribution is -0.0893. The van der Waals surface area contributed by atoms with Gasteiger partial charge in [0.15, 0.2) is 0 Å². The molecule has 0 aliphatic heterocycles. The van der Waals surface area contributed by atoms with Gasteiger partial charge in [-0.2, -0.15) is 0 Å². The van der Waals surface area contributed by atoms with Crippen LogP contribution >= 0.6 is 11.6 Å². The van der Waals surface area contributed by atoms with Gasteiger partial charge in [-0.3, -0.25) is 0 Å². The standard InChI is InChI=1S/C23H25BClO3/c1-13-6-7-14-8-9-15-19-18(27-21(15)16(14)12-13)11-10-17(25)20(19)24-28-23(4,5)22(2,3)26/h6-11,13,26H,12H2,1-5H3. The molecule has 0 amide bonds. The summed E-state index contributed by atoms with van der Waals surface area (Å²) in [4.78, 5) is 0. The van der Waals surface area contributed by atoms with Crippen LogP contribution in [0.25, 0.3) is 28.0 Å². The summed E-state index contributed by atoms with van der Waals surface area (Å²) in [6, 6.07) is 7.97. The molecule has 0 fully saturated rings. The average molecular weight is 396 g/mol. The van der Waals surface area contributed by atoms with Crippen molar-refractivity contribution in [2.45, 2.75) is 52.2 Å². The predicted molar refractivity (Wildman–Crippen MR) is 117 cm³/mol. The molecule has 1 N–H and O–H groups in total. The van der Waals surface area contributed by atoms with Gasteiger partial charge < -0.3 is 14.2 Å². The SMILES string of the molecule is CC1C=Cc2ccc3c(oc4ccc(Cl)c([B]OC(C)(C)C(C)(C)O)c43)c2C1. The number of allylic oxidation sites excluding steroid dienone is 1. The molecular weight excluding hydrogens is 371 g/mol. The van der Waals surface area contributed by atoms with E-state index < -0.39 is 11.2 Å². The van der Waals surface area contributed by atoms with Crippen molar-refractivity contribution in [1.82, 2.24) is 0 Å². The van der Waals surface area contributed by atoms with E-state index in [1.54, 1.807) is 21.3 Å². The fourth-order valence-corrected chi connectivity index (χ4v) is 3.70. The Morgan fingerprint density at radius 1 is 1.18 bits per heavy atom. The Hall–Kier alpha value is -1.75. The number of fused-ring (bicyclic) bond motifs is 5. The highest BCUT2D eigenvalue weighted by molar-refractivity contribution is 6.58. The van der Waals surface area contributed by atoms with Crippen LogP contribution in [0.4, 0.5) is 0 Å². The van der Waals surface area contributed by atoms with Crippen LogP contribution in [0.2, 0.25) is 5.02 Å². The zero-order valence-electron chi connectivity index (χ0n) is 17.0. The van der Waals surface area contributed by atoms with Crippen LogP contribution in [0.15, 0.2) is 34.8 Å². The fraction of sp³-hybridized carbons (Fsp3) is 0.391. The van der Waals surface area contributed by atoms with Gasteiger partial charge in [0.2, 0.25) is 0 Å². The molecule has 0 spiro atoms. The molecule has 1 aromatic heterocycles. The maximum Gasteiger partial charge on any atom is 0.333 e. The number of benzene rings is 2.